The number of benzene rings is 1. The normalized spacial score (nSPS) is 12.2. The lowest BCUT2D eigenvalue weighted by Crippen LogP contribution is -2.24. The zero-order chi connectivity index (χ0) is 14.3. The zero-order valence-corrected chi connectivity index (χ0v) is 12.7. The smallest absolute Gasteiger partial charge is 0.237 e. The summed E-state index contributed by atoms with van der Waals surface area (Å²) in [7, 11) is 0. The number of amides is 1. The molecule has 0 aliphatic carbocycles. The molecular weight excluding hydrogens is 258 g/mol. The lowest BCUT2D eigenvalue weighted by Gasteiger charge is -2.16. The van der Waals surface area contributed by atoms with Gasteiger partial charge in [-0.3, -0.25) is 4.79 Å². The Morgan fingerprint density at radius 3 is 2.84 bits per heavy atom. The second-order valence-corrected chi connectivity index (χ2v) is 5.99. The first-order chi connectivity index (χ1) is 9.10. The Labute approximate surface area is 119 Å². The molecule has 1 unspecified atom stereocenters. The van der Waals surface area contributed by atoms with Crippen LogP contribution in [-0.2, 0) is 11.2 Å². The monoisotopic (exact) mass is 281 g/mol. The highest BCUT2D eigenvalue weighted by Crippen LogP contribution is 2.22. The molecule has 2 N–H and O–H groups in total. The standard InChI is InChI=1S/C15H23NO2S/c1-4-13-8-5-7-11(2)14(13)16-15(18)12(3)19-10-6-9-17/h5,7-8,12,17H,4,6,9-10H2,1-3H3,(H,16,18). The van der Waals surface area contributed by atoms with Crippen LogP contribution in [0.25, 0.3) is 0 Å². The number of aryl methyl sites for hydroxylation is 2. The average Bonchev–Trinajstić information content (AvgIpc) is 2.41. The van der Waals surface area contributed by atoms with Crippen molar-refractivity contribution in [3.63, 3.8) is 0 Å². The Hall–Kier alpha value is -1.000. The van der Waals surface area contributed by atoms with Crippen molar-refractivity contribution in [2.45, 2.75) is 38.9 Å². The van der Waals surface area contributed by atoms with E-state index in [-0.39, 0.29) is 17.8 Å². The predicted molar refractivity (Wildman–Crippen MR) is 82.8 cm³/mol. The molecule has 0 saturated carbocycles. The molecule has 0 heterocycles. The molecule has 1 atom stereocenters. The van der Waals surface area contributed by atoms with Gasteiger partial charge in [0, 0.05) is 12.3 Å². The highest BCUT2D eigenvalue weighted by molar-refractivity contribution is 8.00. The fourth-order valence-electron chi connectivity index (χ4n) is 1.83. The molecule has 0 aliphatic heterocycles. The molecule has 0 radical (unpaired) electrons. The van der Waals surface area contributed by atoms with Crippen LogP contribution in [0.1, 0.15) is 31.4 Å². The van der Waals surface area contributed by atoms with Crippen LogP contribution in [0.4, 0.5) is 5.69 Å². The number of carbonyl (C=O) groups is 1. The summed E-state index contributed by atoms with van der Waals surface area (Å²) in [5.74, 6) is 0.839. The molecule has 0 spiro atoms. The summed E-state index contributed by atoms with van der Waals surface area (Å²) in [5, 5.41) is 11.7. The third-order valence-corrected chi connectivity index (χ3v) is 4.27. The third kappa shape index (κ3) is 4.88. The number of anilines is 1. The number of rotatable bonds is 7. The van der Waals surface area contributed by atoms with Crippen molar-refractivity contribution < 1.29 is 9.90 Å². The van der Waals surface area contributed by atoms with Gasteiger partial charge in [-0.1, -0.05) is 25.1 Å². The highest BCUT2D eigenvalue weighted by atomic mass is 32.2. The molecular formula is C15H23NO2S. The van der Waals surface area contributed by atoms with Crippen LogP contribution in [0.3, 0.4) is 0 Å². The summed E-state index contributed by atoms with van der Waals surface area (Å²) in [6, 6.07) is 6.08. The van der Waals surface area contributed by atoms with E-state index in [9.17, 15) is 4.79 Å². The van der Waals surface area contributed by atoms with E-state index in [2.05, 4.69) is 12.2 Å². The van der Waals surface area contributed by atoms with Gasteiger partial charge in [-0.25, -0.2) is 0 Å². The van der Waals surface area contributed by atoms with Gasteiger partial charge in [-0.2, -0.15) is 0 Å². The molecule has 0 fully saturated rings. The van der Waals surface area contributed by atoms with Crippen molar-refractivity contribution in [3.8, 4) is 0 Å². The minimum Gasteiger partial charge on any atom is -0.396 e. The van der Waals surface area contributed by atoms with Gasteiger partial charge in [0.25, 0.3) is 0 Å². The van der Waals surface area contributed by atoms with Crippen LogP contribution in [0.2, 0.25) is 0 Å². The molecule has 0 aliphatic rings. The van der Waals surface area contributed by atoms with Crippen molar-refractivity contribution in [1.82, 2.24) is 0 Å². The number of hydrogen-bond donors (Lipinski definition) is 2. The largest absolute Gasteiger partial charge is 0.396 e. The highest BCUT2D eigenvalue weighted by Gasteiger charge is 2.15. The summed E-state index contributed by atoms with van der Waals surface area (Å²) >= 11 is 1.58. The van der Waals surface area contributed by atoms with Gasteiger partial charge in [0.1, 0.15) is 0 Å². The maximum atomic E-state index is 12.1. The number of aliphatic hydroxyl groups is 1. The zero-order valence-electron chi connectivity index (χ0n) is 11.9. The third-order valence-electron chi connectivity index (χ3n) is 3.03. The minimum atomic E-state index is -0.101. The van der Waals surface area contributed by atoms with Crippen molar-refractivity contribution in [2.75, 3.05) is 17.7 Å². The Kier molecular flexibility index (Phi) is 6.95. The second kappa shape index (κ2) is 8.23. The number of hydrogen-bond acceptors (Lipinski definition) is 3. The summed E-state index contributed by atoms with van der Waals surface area (Å²) in [4.78, 5) is 12.1. The molecule has 3 nitrogen and oxygen atoms in total. The fraction of sp³-hybridized carbons (Fsp3) is 0.533. The molecule has 4 heteroatoms. The molecule has 0 aromatic heterocycles. The van der Waals surface area contributed by atoms with Gasteiger partial charge >= 0.3 is 0 Å². The minimum absolute atomic E-state index is 0.0342. The van der Waals surface area contributed by atoms with Crippen LogP contribution in [0.15, 0.2) is 18.2 Å². The summed E-state index contributed by atoms with van der Waals surface area (Å²) in [6.45, 7) is 6.18. The van der Waals surface area contributed by atoms with E-state index in [1.807, 2.05) is 32.0 Å². The molecule has 0 bridgehead atoms. The van der Waals surface area contributed by atoms with Gasteiger partial charge < -0.3 is 10.4 Å². The Bertz CT molecular complexity index is 421. The number of nitrogens with one attached hydrogen (secondary N) is 1. The molecule has 1 rings (SSSR count). The van der Waals surface area contributed by atoms with E-state index in [0.29, 0.717) is 0 Å². The van der Waals surface area contributed by atoms with Gasteiger partial charge in [0.2, 0.25) is 5.91 Å². The van der Waals surface area contributed by atoms with Crippen LogP contribution in [0.5, 0.6) is 0 Å². The lowest BCUT2D eigenvalue weighted by molar-refractivity contribution is -0.115. The van der Waals surface area contributed by atoms with E-state index < -0.39 is 0 Å². The van der Waals surface area contributed by atoms with E-state index in [1.165, 1.54) is 5.56 Å². The van der Waals surface area contributed by atoms with Crippen LogP contribution in [0, 0.1) is 6.92 Å². The van der Waals surface area contributed by atoms with Crippen LogP contribution >= 0.6 is 11.8 Å². The molecule has 0 saturated heterocycles. The number of para-hydroxylation sites is 1. The van der Waals surface area contributed by atoms with E-state index in [4.69, 9.17) is 5.11 Å². The van der Waals surface area contributed by atoms with E-state index in [1.54, 1.807) is 11.8 Å². The summed E-state index contributed by atoms with van der Waals surface area (Å²) < 4.78 is 0. The molecule has 19 heavy (non-hydrogen) atoms. The maximum Gasteiger partial charge on any atom is 0.237 e. The van der Waals surface area contributed by atoms with Crippen LogP contribution < -0.4 is 5.32 Å². The van der Waals surface area contributed by atoms with E-state index in [0.717, 1.165) is 29.8 Å². The van der Waals surface area contributed by atoms with Crippen molar-refractivity contribution in [2.24, 2.45) is 0 Å². The molecule has 1 aromatic carbocycles. The predicted octanol–water partition coefficient (Wildman–Crippen LogP) is 3.00. The van der Waals surface area contributed by atoms with Gasteiger partial charge in [-0.15, -0.1) is 11.8 Å². The first-order valence-electron chi connectivity index (χ1n) is 6.72. The second-order valence-electron chi connectivity index (χ2n) is 4.54. The Balaban J connectivity index is 2.66. The van der Waals surface area contributed by atoms with Gasteiger partial charge in [-0.05, 0) is 43.6 Å². The van der Waals surface area contributed by atoms with Gasteiger partial charge in [0.05, 0.1) is 5.25 Å². The van der Waals surface area contributed by atoms with Gasteiger partial charge in [0.15, 0.2) is 0 Å². The SMILES string of the molecule is CCc1cccc(C)c1NC(=O)C(C)SCCCO. The Morgan fingerprint density at radius 1 is 1.47 bits per heavy atom. The summed E-state index contributed by atoms with van der Waals surface area (Å²) in [6.07, 6.45) is 1.64. The number of aliphatic hydroxyl groups excluding tert-OH is 1. The first-order valence-corrected chi connectivity index (χ1v) is 7.76. The lowest BCUT2D eigenvalue weighted by atomic mass is 10.1. The number of carbonyl (C=O) groups excluding carboxylic acids is 1. The molecule has 1 aromatic rings. The Morgan fingerprint density at radius 2 is 2.21 bits per heavy atom. The van der Waals surface area contributed by atoms with E-state index >= 15 is 0 Å². The molecule has 1 amide bonds. The van der Waals surface area contributed by atoms with Crippen molar-refractivity contribution in [1.29, 1.82) is 0 Å². The van der Waals surface area contributed by atoms with Crippen molar-refractivity contribution >= 4 is 23.4 Å². The summed E-state index contributed by atoms with van der Waals surface area (Å²) in [5.41, 5.74) is 3.21. The fourth-order valence-corrected chi connectivity index (χ4v) is 2.69. The topological polar surface area (TPSA) is 49.3 Å². The molecule has 106 valence electrons. The quantitative estimate of drug-likeness (QED) is 0.755. The maximum absolute atomic E-state index is 12.1. The van der Waals surface area contributed by atoms with Crippen LogP contribution in [-0.4, -0.2) is 28.6 Å². The average molecular weight is 281 g/mol. The first kappa shape index (κ1) is 16.1. The number of thioether (sulfide) groups is 1. The van der Waals surface area contributed by atoms with Crippen molar-refractivity contribution in [3.05, 3.63) is 29.3 Å².